The van der Waals surface area contributed by atoms with Gasteiger partial charge in [0.1, 0.15) is 6.10 Å². The number of hydrogen-bond donors (Lipinski definition) is 1. The predicted molar refractivity (Wildman–Crippen MR) is 214 cm³/mol. The molecule has 1 unspecified atom stereocenters. The summed E-state index contributed by atoms with van der Waals surface area (Å²) in [6.45, 7) is 4.96. The first-order valence-electron chi connectivity index (χ1n) is 19.1. The van der Waals surface area contributed by atoms with Gasteiger partial charge >= 0.3 is 5.97 Å². The fourth-order valence-electron chi connectivity index (χ4n) is 4.50. The van der Waals surface area contributed by atoms with Gasteiger partial charge in [-0.3, -0.25) is 4.79 Å². The molecule has 0 aliphatic heterocycles. The van der Waals surface area contributed by atoms with Crippen LogP contribution in [0.5, 0.6) is 0 Å². The van der Waals surface area contributed by atoms with Crippen LogP contribution >= 0.6 is 0 Å². The van der Waals surface area contributed by atoms with E-state index >= 15 is 0 Å². The third-order valence-corrected chi connectivity index (χ3v) is 7.28. The Morgan fingerprint density at radius 1 is 0.490 bits per heavy atom. The van der Waals surface area contributed by atoms with E-state index in [1.165, 1.54) is 0 Å². The van der Waals surface area contributed by atoms with Crippen LogP contribution in [0.15, 0.2) is 122 Å². The zero-order chi connectivity index (χ0) is 35.6. The first kappa shape index (κ1) is 45.8. The number of aliphatic hydroxyl groups is 1. The number of rotatable bonds is 33. The highest BCUT2D eigenvalue weighted by Crippen LogP contribution is 2.07. The van der Waals surface area contributed by atoms with Gasteiger partial charge in [-0.2, -0.15) is 0 Å². The van der Waals surface area contributed by atoms with Crippen LogP contribution in [0.3, 0.4) is 0 Å². The molecule has 0 saturated carbocycles. The van der Waals surface area contributed by atoms with Crippen molar-refractivity contribution in [1.29, 1.82) is 0 Å². The molecule has 4 heteroatoms. The largest absolute Gasteiger partial charge is 0.457 e. The zero-order valence-electron chi connectivity index (χ0n) is 31.1. The molecule has 0 aliphatic rings. The minimum atomic E-state index is -0.583. The van der Waals surface area contributed by atoms with Crippen molar-refractivity contribution in [1.82, 2.24) is 0 Å². The summed E-state index contributed by atoms with van der Waals surface area (Å²) in [5.74, 6) is -0.261. The molecule has 0 bridgehead atoms. The number of carbonyl (C=O) groups excluding carboxylic acids is 1. The lowest BCUT2D eigenvalue weighted by atomic mass is 10.2. The van der Waals surface area contributed by atoms with E-state index in [0.717, 1.165) is 109 Å². The van der Waals surface area contributed by atoms with Gasteiger partial charge in [0.25, 0.3) is 0 Å². The van der Waals surface area contributed by atoms with E-state index in [1.54, 1.807) is 0 Å². The molecule has 0 spiro atoms. The van der Waals surface area contributed by atoms with Crippen LogP contribution in [-0.4, -0.2) is 37.0 Å². The minimum absolute atomic E-state index is 0.212. The van der Waals surface area contributed by atoms with Gasteiger partial charge in [0.2, 0.25) is 0 Å². The Kier molecular flexibility index (Phi) is 38.3. The van der Waals surface area contributed by atoms with Crippen LogP contribution in [0.25, 0.3) is 0 Å². The molecule has 1 N–H and O–H groups in total. The van der Waals surface area contributed by atoms with Crippen molar-refractivity contribution in [2.45, 2.75) is 136 Å². The van der Waals surface area contributed by atoms with Crippen molar-refractivity contribution in [2.75, 3.05) is 19.8 Å². The number of ether oxygens (including phenoxy) is 2. The Morgan fingerprint density at radius 2 is 0.857 bits per heavy atom. The predicted octanol–water partition coefficient (Wildman–Crippen LogP) is 12.5. The molecule has 4 nitrogen and oxygen atoms in total. The van der Waals surface area contributed by atoms with E-state index in [4.69, 9.17) is 9.47 Å². The molecule has 0 heterocycles. The summed E-state index contributed by atoms with van der Waals surface area (Å²) in [7, 11) is 0. The minimum Gasteiger partial charge on any atom is -0.457 e. The van der Waals surface area contributed by atoms with Gasteiger partial charge in [-0.05, 0) is 103 Å². The Hall–Kier alpha value is -3.21. The quantitative estimate of drug-likeness (QED) is 0.0428. The lowest BCUT2D eigenvalue weighted by molar-refractivity contribution is -0.154. The van der Waals surface area contributed by atoms with E-state index in [0.29, 0.717) is 13.0 Å². The number of unbranched alkanes of at least 4 members (excludes halogenated alkanes) is 5. The Labute approximate surface area is 301 Å². The summed E-state index contributed by atoms with van der Waals surface area (Å²) < 4.78 is 11.1. The van der Waals surface area contributed by atoms with Gasteiger partial charge in [-0.25, -0.2) is 0 Å². The van der Waals surface area contributed by atoms with Gasteiger partial charge in [0, 0.05) is 13.0 Å². The molecule has 1 atom stereocenters. The normalized spacial score (nSPS) is 13.8. The topological polar surface area (TPSA) is 55.8 Å². The molecule has 0 rings (SSSR count). The molecule has 274 valence electrons. The van der Waals surface area contributed by atoms with Crippen LogP contribution in [-0.2, 0) is 14.3 Å². The number of esters is 1. The first-order valence-corrected chi connectivity index (χ1v) is 19.1. The highest BCUT2D eigenvalue weighted by molar-refractivity contribution is 5.69. The SMILES string of the molecule is CC/C=C\C/C=C\C/C=C\C/C=C\C/C=C\C/C=C\CCCCC(=O)OC(CO)COCCCCC/C=C\C/C=C\C/C=C\C/C=C\CC. The maximum Gasteiger partial charge on any atom is 0.306 e. The molecular formula is C45H70O4. The van der Waals surface area contributed by atoms with Crippen molar-refractivity contribution >= 4 is 5.97 Å². The van der Waals surface area contributed by atoms with Gasteiger partial charge in [-0.1, -0.05) is 142 Å². The second-order valence-corrected chi connectivity index (χ2v) is 11.9. The van der Waals surface area contributed by atoms with Crippen LogP contribution in [0.2, 0.25) is 0 Å². The molecule has 49 heavy (non-hydrogen) atoms. The maximum atomic E-state index is 12.2. The van der Waals surface area contributed by atoms with Crippen molar-refractivity contribution in [3.63, 3.8) is 0 Å². The van der Waals surface area contributed by atoms with Crippen LogP contribution in [0.1, 0.15) is 129 Å². The molecule has 0 aliphatic carbocycles. The summed E-state index contributed by atoms with van der Waals surface area (Å²) in [4.78, 5) is 12.2. The summed E-state index contributed by atoms with van der Waals surface area (Å²) >= 11 is 0. The lowest BCUT2D eigenvalue weighted by Crippen LogP contribution is -2.27. The molecule has 0 amide bonds. The monoisotopic (exact) mass is 675 g/mol. The fraction of sp³-hybridized carbons (Fsp3) is 0.533. The highest BCUT2D eigenvalue weighted by Gasteiger charge is 2.13. The first-order chi connectivity index (χ1) is 24.2. The van der Waals surface area contributed by atoms with Crippen LogP contribution < -0.4 is 0 Å². The maximum absolute atomic E-state index is 12.2. The van der Waals surface area contributed by atoms with Crippen molar-refractivity contribution in [3.8, 4) is 0 Å². The molecule has 0 aromatic carbocycles. The number of carbonyl (C=O) groups is 1. The van der Waals surface area contributed by atoms with Gasteiger partial charge < -0.3 is 14.6 Å². The second-order valence-electron chi connectivity index (χ2n) is 11.9. The third-order valence-electron chi connectivity index (χ3n) is 7.28. The molecule has 0 aromatic heterocycles. The molecule has 0 radical (unpaired) electrons. The van der Waals surface area contributed by atoms with E-state index in [-0.39, 0.29) is 19.2 Å². The summed E-state index contributed by atoms with van der Waals surface area (Å²) in [5.41, 5.74) is 0. The summed E-state index contributed by atoms with van der Waals surface area (Å²) in [5, 5.41) is 9.57. The van der Waals surface area contributed by atoms with Gasteiger partial charge in [-0.15, -0.1) is 0 Å². The molecular weight excluding hydrogens is 604 g/mol. The number of allylic oxidation sites excluding steroid dienone is 20. The van der Waals surface area contributed by atoms with Crippen molar-refractivity contribution in [3.05, 3.63) is 122 Å². The molecule has 0 fully saturated rings. The Balaban J connectivity index is 3.68. The molecule has 0 aromatic rings. The van der Waals surface area contributed by atoms with Crippen molar-refractivity contribution in [2.24, 2.45) is 0 Å². The van der Waals surface area contributed by atoms with E-state index in [2.05, 4.69) is 135 Å². The average Bonchev–Trinajstić information content (AvgIpc) is 3.11. The fourth-order valence-corrected chi connectivity index (χ4v) is 4.50. The zero-order valence-corrected chi connectivity index (χ0v) is 31.1. The van der Waals surface area contributed by atoms with Gasteiger partial charge in [0.15, 0.2) is 0 Å². The van der Waals surface area contributed by atoms with Gasteiger partial charge in [0.05, 0.1) is 13.2 Å². The van der Waals surface area contributed by atoms with E-state index in [1.807, 2.05) is 0 Å². The average molecular weight is 675 g/mol. The summed E-state index contributed by atoms with van der Waals surface area (Å²) in [6, 6.07) is 0. The van der Waals surface area contributed by atoms with E-state index in [9.17, 15) is 9.90 Å². The Morgan fingerprint density at radius 3 is 1.24 bits per heavy atom. The third kappa shape index (κ3) is 39.1. The lowest BCUT2D eigenvalue weighted by Gasteiger charge is -2.15. The number of aliphatic hydroxyl groups excluding tert-OH is 1. The number of hydrogen-bond acceptors (Lipinski definition) is 4. The summed E-state index contributed by atoms with van der Waals surface area (Å²) in [6.07, 6.45) is 61.0. The van der Waals surface area contributed by atoms with Crippen LogP contribution in [0, 0.1) is 0 Å². The van der Waals surface area contributed by atoms with Crippen LogP contribution in [0.4, 0.5) is 0 Å². The highest BCUT2D eigenvalue weighted by atomic mass is 16.6. The van der Waals surface area contributed by atoms with Crippen molar-refractivity contribution < 1.29 is 19.4 Å². The second kappa shape index (κ2) is 41.0. The van der Waals surface area contributed by atoms with E-state index < -0.39 is 6.10 Å². The Bertz CT molecular complexity index is 1020. The smallest absolute Gasteiger partial charge is 0.306 e. The standard InChI is InChI=1S/C45H70O4/c1-3-5-7-9-11-13-15-17-19-21-22-23-24-25-26-28-30-32-34-36-38-40-45(47)49-44(42-46)43-48-41-39-37-35-33-31-29-27-20-18-16-14-12-10-8-6-4-2/h5-8,11-14,17-20,22-23,25-26,29-32,44,46H,3-4,9-10,15-16,21,24,27-28,33-43H2,1-2H3/b7-5-,8-6-,13-11-,14-12-,19-17-,20-18-,23-22-,26-25-,31-29-,32-30-. The molecule has 0 saturated heterocycles.